The molecule has 1 saturated carbocycles. The second kappa shape index (κ2) is 5.66. The van der Waals surface area contributed by atoms with Gasteiger partial charge in [-0.15, -0.1) is 0 Å². The normalized spacial score (nSPS) is 17.5. The maximum Gasteiger partial charge on any atom is 0.231 e. The Morgan fingerprint density at radius 1 is 1.74 bits per heavy atom. The molecule has 6 heteroatoms. The first-order valence-corrected chi connectivity index (χ1v) is 7.45. The van der Waals surface area contributed by atoms with Crippen LogP contribution in [0.5, 0.6) is 0 Å². The Bertz CT molecular complexity index is 503. The fraction of sp³-hybridized carbons (Fsp3) is 0.615. The van der Waals surface area contributed by atoms with Crippen LogP contribution in [0.4, 0.5) is 0 Å². The molecule has 1 heterocycles. The van der Waals surface area contributed by atoms with Gasteiger partial charge >= 0.3 is 0 Å². The molecule has 0 unspecified atom stereocenters. The highest BCUT2D eigenvalue weighted by Crippen LogP contribution is 2.39. The van der Waals surface area contributed by atoms with Gasteiger partial charge in [0.2, 0.25) is 5.91 Å². The first-order valence-electron chi connectivity index (χ1n) is 6.46. The number of carbonyl (C=O) groups excluding carboxylic acids is 1. The number of aromatic amines is 1. The Morgan fingerprint density at radius 3 is 3.00 bits per heavy atom. The van der Waals surface area contributed by atoms with Crippen molar-refractivity contribution >= 4 is 17.7 Å². The molecule has 0 aromatic carbocycles. The third kappa shape index (κ3) is 3.51. The second-order valence-electron chi connectivity index (χ2n) is 4.99. The summed E-state index contributed by atoms with van der Waals surface area (Å²) in [4.78, 5) is 19.2. The van der Waals surface area contributed by atoms with E-state index >= 15 is 0 Å². The van der Waals surface area contributed by atoms with Crippen LogP contribution in [0.25, 0.3) is 0 Å². The summed E-state index contributed by atoms with van der Waals surface area (Å²) in [6, 6.07) is 2.22. The lowest BCUT2D eigenvalue weighted by atomic mass is 9.98. The van der Waals surface area contributed by atoms with E-state index in [1.807, 2.05) is 6.92 Å². The Balaban J connectivity index is 1.83. The van der Waals surface area contributed by atoms with Crippen molar-refractivity contribution in [2.24, 2.45) is 5.92 Å². The van der Waals surface area contributed by atoms with Crippen LogP contribution in [0, 0.1) is 17.2 Å². The largest absolute Gasteiger partial charge is 0.337 e. The summed E-state index contributed by atoms with van der Waals surface area (Å²) < 4.78 is 0. The number of nitriles is 1. The number of aromatic nitrogens is 2. The van der Waals surface area contributed by atoms with Gasteiger partial charge in [-0.2, -0.15) is 5.26 Å². The van der Waals surface area contributed by atoms with Crippen molar-refractivity contribution in [3.05, 3.63) is 11.9 Å². The van der Waals surface area contributed by atoms with Gasteiger partial charge in [0.05, 0.1) is 11.8 Å². The van der Waals surface area contributed by atoms with E-state index in [0.29, 0.717) is 5.92 Å². The minimum absolute atomic E-state index is 0.115. The molecule has 102 valence electrons. The molecular formula is C13H18N4OS. The fourth-order valence-electron chi connectivity index (χ4n) is 1.93. The molecule has 19 heavy (non-hydrogen) atoms. The van der Waals surface area contributed by atoms with E-state index in [4.69, 9.17) is 0 Å². The van der Waals surface area contributed by atoms with Crippen LogP contribution >= 0.6 is 11.8 Å². The molecule has 0 bridgehead atoms. The summed E-state index contributed by atoms with van der Waals surface area (Å²) in [5.74, 6) is 0.470. The lowest BCUT2D eigenvalue weighted by molar-refractivity contribution is -0.119. The molecule has 1 aliphatic carbocycles. The first kappa shape index (κ1) is 13.9. The van der Waals surface area contributed by atoms with E-state index < -0.39 is 5.54 Å². The molecule has 1 fully saturated rings. The van der Waals surface area contributed by atoms with Gasteiger partial charge in [0.25, 0.3) is 0 Å². The summed E-state index contributed by atoms with van der Waals surface area (Å²) >= 11 is 1.36. The van der Waals surface area contributed by atoms with E-state index in [2.05, 4.69) is 21.4 Å². The molecule has 2 rings (SSSR count). The van der Waals surface area contributed by atoms with Crippen molar-refractivity contribution in [2.45, 2.75) is 43.8 Å². The van der Waals surface area contributed by atoms with Crippen molar-refractivity contribution in [3.8, 4) is 6.07 Å². The lowest BCUT2D eigenvalue weighted by Gasteiger charge is -2.22. The molecule has 0 aliphatic heterocycles. The van der Waals surface area contributed by atoms with E-state index in [1.54, 1.807) is 13.1 Å². The van der Waals surface area contributed by atoms with Gasteiger partial charge in [-0.25, -0.2) is 4.98 Å². The fourth-order valence-corrected chi connectivity index (χ4v) is 2.60. The maximum absolute atomic E-state index is 11.9. The van der Waals surface area contributed by atoms with Crippen LogP contribution in [0.3, 0.4) is 0 Å². The number of aryl methyl sites for hydroxylation is 1. The highest BCUT2D eigenvalue weighted by molar-refractivity contribution is 7.99. The van der Waals surface area contributed by atoms with Gasteiger partial charge in [-0.05, 0) is 32.1 Å². The van der Waals surface area contributed by atoms with Crippen LogP contribution in [-0.2, 0) is 11.2 Å². The molecule has 1 aromatic rings. The van der Waals surface area contributed by atoms with Crippen LogP contribution in [0.15, 0.2) is 11.4 Å². The third-order valence-electron chi connectivity index (χ3n) is 3.35. The zero-order chi connectivity index (χ0) is 13.9. The number of rotatable bonds is 6. The topological polar surface area (TPSA) is 81.6 Å². The third-order valence-corrected chi connectivity index (χ3v) is 4.24. The Kier molecular flexibility index (Phi) is 4.15. The van der Waals surface area contributed by atoms with Crippen LogP contribution in [0.2, 0.25) is 0 Å². The van der Waals surface area contributed by atoms with Gasteiger partial charge in [-0.1, -0.05) is 18.7 Å². The first-order chi connectivity index (χ1) is 9.07. The van der Waals surface area contributed by atoms with Crippen molar-refractivity contribution in [3.63, 3.8) is 0 Å². The molecule has 5 nitrogen and oxygen atoms in total. The van der Waals surface area contributed by atoms with Crippen LogP contribution in [0.1, 0.15) is 32.4 Å². The van der Waals surface area contributed by atoms with E-state index in [9.17, 15) is 10.1 Å². The monoisotopic (exact) mass is 278 g/mol. The van der Waals surface area contributed by atoms with Gasteiger partial charge in [0.15, 0.2) is 5.16 Å². The summed E-state index contributed by atoms with van der Waals surface area (Å²) in [7, 11) is 0. The van der Waals surface area contributed by atoms with Crippen LogP contribution in [-0.4, -0.2) is 27.2 Å². The van der Waals surface area contributed by atoms with E-state index in [0.717, 1.165) is 30.1 Å². The van der Waals surface area contributed by atoms with Gasteiger partial charge < -0.3 is 10.3 Å². The Morgan fingerprint density at radius 2 is 2.47 bits per heavy atom. The molecule has 1 aromatic heterocycles. The summed E-state index contributed by atoms with van der Waals surface area (Å²) in [6.07, 6.45) is 4.73. The average Bonchev–Trinajstić information content (AvgIpc) is 3.16. The minimum Gasteiger partial charge on any atom is -0.337 e. The molecule has 1 atom stereocenters. The molecule has 2 N–H and O–H groups in total. The smallest absolute Gasteiger partial charge is 0.231 e. The Hall–Kier alpha value is -1.48. The summed E-state index contributed by atoms with van der Waals surface area (Å²) in [5, 5.41) is 12.8. The average molecular weight is 278 g/mol. The van der Waals surface area contributed by atoms with Gasteiger partial charge in [0.1, 0.15) is 5.54 Å². The minimum atomic E-state index is -0.713. The molecular weight excluding hydrogens is 260 g/mol. The number of hydrogen-bond acceptors (Lipinski definition) is 4. The van der Waals surface area contributed by atoms with E-state index in [1.165, 1.54) is 11.8 Å². The highest BCUT2D eigenvalue weighted by atomic mass is 32.2. The maximum atomic E-state index is 11.9. The van der Waals surface area contributed by atoms with Gasteiger partial charge in [0, 0.05) is 11.9 Å². The molecule has 0 radical (unpaired) electrons. The summed E-state index contributed by atoms with van der Waals surface area (Å²) in [6.45, 7) is 3.85. The lowest BCUT2D eigenvalue weighted by Crippen LogP contribution is -2.47. The van der Waals surface area contributed by atoms with Crippen molar-refractivity contribution < 1.29 is 4.79 Å². The molecule has 1 aliphatic rings. The van der Waals surface area contributed by atoms with Crippen molar-refractivity contribution in [1.82, 2.24) is 15.3 Å². The van der Waals surface area contributed by atoms with Crippen molar-refractivity contribution in [2.75, 3.05) is 5.75 Å². The quantitative estimate of drug-likeness (QED) is 0.778. The zero-order valence-corrected chi connectivity index (χ0v) is 12.0. The number of imidazole rings is 1. The molecule has 0 spiro atoms. The second-order valence-corrected chi connectivity index (χ2v) is 5.96. The summed E-state index contributed by atoms with van der Waals surface area (Å²) in [5.41, 5.74) is 0.345. The number of thioether (sulfide) groups is 1. The number of nitrogens with zero attached hydrogens (tertiary/aromatic N) is 2. The Labute approximate surface area is 117 Å². The predicted molar refractivity (Wildman–Crippen MR) is 73.6 cm³/mol. The number of hydrogen-bond donors (Lipinski definition) is 2. The van der Waals surface area contributed by atoms with Crippen molar-refractivity contribution in [1.29, 1.82) is 5.26 Å². The number of nitrogens with one attached hydrogen (secondary N) is 2. The molecule has 1 amide bonds. The number of H-pyrrole nitrogens is 1. The SMILES string of the molecule is CCc1cnc(SCC(=O)N[C@@](C)(C#N)C2CC2)[nH]1. The van der Waals surface area contributed by atoms with Crippen LogP contribution < -0.4 is 5.32 Å². The van der Waals surface area contributed by atoms with Gasteiger partial charge in [-0.3, -0.25) is 4.79 Å². The molecule has 0 saturated heterocycles. The zero-order valence-electron chi connectivity index (χ0n) is 11.2. The standard InChI is InChI=1S/C13H18N4OS/c1-3-10-6-15-12(16-10)19-7-11(18)17-13(2,8-14)9-4-5-9/h6,9H,3-5,7H2,1-2H3,(H,15,16)(H,17,18)/t13-/m0/s1. The highest BCUT2D eigenvalue weighted by Gasteiger charge is 2.42. The predicted octanol–water partition coefficient (Wildman–Crippen LogP) is 1.87. The number of amides is 1. The number of carbonyl (C=O) groups is 1. The van der Waals surface area contributed by atoms with E-state index in [-0.39, 0.29) is 11.7 Å².